The largest absolute Gasteiger partial charge is 0.489 e. The van der Waals surface area contributed by atoms with Crippen LogP contribution in [0, 0.1) is 12.8 Å². The van der Waals surface area contributed by atoms with Crippen LogP contribution in [0.2, 0.25) is 0 Å². The highest BCUT2D eigenvalue weighted by Gasteiger charge is 2.34. The normalized spacial score (nSPS) is 25.0. The molecule has 0 radical (unpaired) electrons. The van der Waals surface area contributed by atoms with E-state index in [4.69, 9.17) is 9.47 Å². The fourth-order valence-electron chi connectivity index (χ4n) is 4.51. The zero-order valence-corrected chi connectivity index (χ0v) is 16.8. The third kappa shape index (κ3) is 5.13. The second kappa shape index (κ2) is 9.55. The van der Waals surface area contributed by atoms with Crippen molar-refractivity contribution in [3.63, 3.8) is 0 Å². The number of benzene rings is 2. The molecule has 2 fully saturated rings. The number of morpholine rings is 1. The molecule has 3 unspecified atom stereocenters. The summed E-state index contributed by atoms with van der Waals surface area (Å²) in [6.07, 6.45) is 3.87. The van der Waals surface area contributed by atoms with E-state index in [-0.39, 0.29) is 0 Å². The molecule has 0 bridgehead atoms. The van der Waals surface area contributed by atoms with E-state index in [1.807, 2.05) is 0 Å². The fraction of sp³-hybridized carbons (Fsp3) is 0.500. The number of hydrogen-bond donors (Lipinski definition) is 2. The van der Waals surface area contributed by atoms with Gasteiger partial charge in [0, 0.05) is 25.2 Å². The fourth-order valence-corrected chi connectivity index (χ4v) is 4.51. The average molecular weight is 381 g/mol. The molecule has 1 saturated heterocycles. The van der Waals surface area contributed by atoms with Crippen molar-refractivity contribution in [1.82, 2.24) is 10.6 Å². The molecule has 1 heterocycles. The van der Waals surface area contributed by atoms with Gasteiger partial charge in [-0.05, 0) is 48.9 Å². The Labute approximate surface area is 168 Å². The second-order valence-corrected chi connectivity index (χ2v) is 8.14. The van der Waals surface area contributed by atoms with Gasteiger partial charge in [0.2, 0.25) is 0 Å². The third-order valence-electron chi connectivity index (χ3n) is 6.02. The highest BCUT2D eigenvalue weighted by molar-refractivity contribution is 5.28. The maximum atomic E-state index is 5.93. The first-order chi connectivity index (χ1) is 13.8. The van der Waals surface area contributed by atoms with Crippen LogP contribution in [-0.4, -0.2) is 31.8 Å². The van der Waals surface area contributed by atoms with Gasteiger partial charge in [-0.1, -0.05) is 48.4 Å². The van der Waals surface area contributed by atoms with Crippen LogP contribution in [0.4, 0.5) is 0 Å². The molecular weight excluding hydrogens is 348 g/mol. The van der Waals surface area contributed by atoms with E-state index >= 15 is 0 Å². The monoisotopic (exact) mass is 380 g/mol. The van der Waals surface area contributed by atoms with Crippen LogP contribution in [0.1, 0.15) is 36.0 Å². The minimum Gasteiger partial charge on any atom is -0.489 e. The average Bonchev–Trinajstić information content (AvgIpc) is 3.21. The van der Waals surface area contributed by atoms with Crippen molar-refractivity contribution < 1.29 is 9.47 Å². The molecule has 4 heteroatoms. The first kappa shape index (κ1) is 19.4. The summed E-state index contributed by atoms with van der Waals surface area (Å²) in [5.74, 6) is 1.60. The van der Waals surface area contributed by atoms with Crippen molar-refractivity contribution in [2.45, 2.75) is 51.4 Å². The van der Waals surface area contributed by atoms with Gasteiger partial charge < -0.3 is 20.1 Å². The minimum atomic E-state index is 0.506. The number of hydrogen-bond acceptors (Lipinski definition) is 4. The van der Waals surface area contributed by atoms with Crippen molar-refractivity contribution in [3.05, 3.63) is 65.2 Å². The molecule has 2 aliphatic rings. The standard InChI is InChI=1S/C24H32N2O2/c1-18-4-2-5-20(14-18)16-28-21-10-8-19(9-11-21)15-26-23-7-3-6-22(23)24-17-27-13-12-25-24/h2,4-5,8-11,14,22-26H,3,6-7,12-13,15-17H2,1H3. The maximum Gasteiger partial charge on any atom is 0.119 e. The van der Waals surface area contributed by atoms with Gasteiger partial charge in [-0.15, -0.1) is 0 Å². The molecule has 2 N–H and O–H groups in total. The van der Waals surface area contributed by atoms with Crippen LogP contribution in [0.15, 0.2) is 48.5 Å². The molecule has 3 atom stereocenters. The van der Waals surface area contributed by atoms with Crippen LogP contribution in [-0.2, 0) is 17.9 Å². The van der Waals surface area contributed by atoms with Gasteiger partial charge in [-0.3, -0.25) is 0 Å². The topological polar surface area (TPSA) is 42.5 Å². The minimum absolute atomic E-state index is 0.506. The maximum absolute atomic E-state index is 5.93. The van der Waals surface area contributed by atoms with E-state index in [0.717, 1.165) is 32.1 Å². The Bertz CT molecular complexity index is 741. The van der Waals surface area contributed by atoms with Crippen LogP contribution >= 0.6 is 0 Å². The summed E-state index contributed by atoms with van der Waals surface area (Å²) in [4.78, 5) is 0. The molecule has 0 amide bonds. The smallest absolute Gasteiger partial charge is 0.119 e. The SMILES string of the molecule is Cc1cccc(COc2ccc(CNC3CCCC3C3COCCN3)cc2)c1. The van der Waals surface area contributed by atoms with Gasteiger partial charge >= 0.3 is 0 Å². The summed E-state index contributed by atoms with van der Waals surface area (Å²) in [6.45, 7) is 6.32. The van der Waals surface area contributed by atoms with Crippen molar-refractivity contribution in [1.29, 1.82) is 0 Å². The zero-order chi connectivity index (χ0) is 19.2. The van der Waals surface area contributed by atoms with Gasteiger partial charge in [0.05, 0.1) is 13.2 Å². The summed E-state index contributed by atoms with van der Waals surface area (Å²) in [7, 11) is 0. The van der Waals surface area contributed by atoms with E-state index in [2.05, 4.69) is 66.1 Å². The van der Waals surface area contributed by atoms with E-state index in [9.17, 15) is 0 Å². The Hall–Kier alpha value is -1.88. The van der Waals surface area contributed by atoms with Crippen molar-refractivity contribution >= 4 is 0 Å². The summed E-state index contributed by atoms with van der Waals surface area (Å²) in [6, 6.07) is 18.0. The number of rotatable bonds is 7. The molecule has 28 heavy (non-hydrogen) atoms. The molecule has 0 aromatic heterocycles. The predicted octanol–water partition coefficient (Wildman–Crippen LogP) is 3.82. The first-order valence-corrected chi connectivity index (χ1v) is 10.6. The van der Waals surface area contributed by atoms with Crippen LogP contribution in [0.5, 0.6) is 5.75 Å². The number of ether oxygens (including phenoxy) is 2. The van der Waals surface area contributed by atoms with Gasteiger partial charge in [0.1, 0.15) is 12.4 Å². The molecule has 150 valence electrons. The highest BCUT2D eigenvalue weighted by atomic mass is 16.5. The third-order valence-corrected chi connectivity index (χ3v) is 6.02. The van der Waals surface area contributed by atoms with Crippen molar-refractivity contribution in [2.24, 2.45) is 5.92 Å². The van der Waals surface area contributed by atoms with Gasteiger partial charge in [-0.25, -0.2) is 0 Å². The molecule has 1 aliphatic heterocycles. The van der Waals surface area contributed by atoms with Crippen molar-refractivity contribution in [2.75, 3.05) is 19.8 Å². The predicted molar refractivity (Wildman–Crippen MR) is 113 cm³/mol. The molecule has 2 aromatic carbocycles. The second-order valence-electron chi connectivity index (χ2n) is 8.14. The van der Waals surface area contributed by atoms with Crippen LogP contribution in [0.25, 0.3) is 0 Å². The van der Waals surface area contributed by atoms with E-state index < -0.39 is 0 Å². The zero-order valence-electron chi connectivity index (χ0n) is 16.8. The summed E-state index contributed by atoms with van der Waals surface area (Å²) in [5.41, 5.74) is 3.78. The van der Waals surface area contributed by atoms with Gasteiger partial charge in [0.25, 0.3) is 0 Å². The summed E-state index contributed by atoms with van der Waals surface area (Å²) < 4.78 is 11.6. The lowest BCUT2D eigenvalue weighted by atomic mass is 9.94. The molecule has 1 saturated carbocycles. The van der Waals surface area contributed by atoms with Gasteiger partial charge in [-0.2, -0.15) is 0 Å². The summed E-state index contributed by atoms with van der Waals surface area (Å²) in [5, 5.41) is 7.44. The van der Waals surface area contributed by atoms with Crippen molar-refractivity contribution in [3.8, 4) is 5.75 Å². The molecule has 0 spiro atoms. The molecule has 2 aromatic rings. The van der Waals surface area contributed by atoms with E-state index in [1.165, 1.54) is 36.0 Å². The Morgan fingerprint density at radius 2 is 2.00 bits per heavy atom. The Morgan fingerprint density at radius 1 is 1.11 bits per heavy atom. The summed E-state index contributed by atoms with van der Waals surface area (Å²) >= 11 is 0. The lowest BCUT2D eigenvalue weighted by Gasteiger charge is -2.33. The Morgan fingerprint density at radius 3 is 2.79 bits per heavy atom. The molecule has 1 aliphatic carbocycles. The van der Waals surface area contributed by atoms with Gasteiger partial charge in [0.15, 0.2) is 0 Å². The Balaban J connectivity index is 1.26. The number of nitrogens with one attached hydrogen (secondary N) is 2. The Kier molecular flexibility index (Phi) is 6.63. The lowest BCUT2D eigenvalue weighted by molar-refractivity contribution is 0.0524. The first-order valence-electron chi connectivity index (χ1n) is 10.6. The molecule has 4 rings (SSSR count). The molecule has 4 nitrogen and oxygen atoms in total. The quantitative estimate of drug-likeness (QED) is 0.766. The molecular formula is C24H32N2O2. The lowest BCUT2D eigenvalue weighted by Crippen LogP contribution is -2.50. The van der Waals surface area contributed by atoms with Crippen LogP contribution in [0.3, 0.4) is 0 Å². The number of aryl methyl sites for hydroxylation is 1. The van der Waals surface area contributed by atoms with E-state index in [0.29, 0.717) is 24.6 Å². The highest BCUT2D eigenvalue weighted by Crippen LogP contribution is 2.29. The van der Waals surface area contributed by atoms with Crippen LogP contribution < -0.4 is 15.4 Å². The van der Waals surface area contributed by atoms with E-state index in [1.54, 1.807) is 0 Å².